The Kier molecular flexibility index (Phi) is 8.25. The predicted molar refractivity (Wildman–Crippen MR) is 119 cm³/mol. The second-order valence-corrected chi connectivity index (χ2v) is 8.04. The molecule has 0 spiro atoms. The van der Waals surface area contributed by atoms with Gasteiger partial charge in [0.1, 0.15) is 18.1 Å². The first kappa shape index (κ1) is 23.0. The smallest absolute Gasteiger partial charge is 0.191 e. The second-order valence-electron chi connectivity index (χ2n) is 8.04. The molecule has 1 aromatic heterocycles. The lowest BCUT2D eigenvalue weighted by atomic mass is 10.1. The number of benzene rings is 1. The first-order valence-corrected chi connectivity index (χ1v) is 10.9. The van der Waals surface area contributed by atoms with E-state index < -0.39 is 6.10 Å². The number of rotatable bonds is 9. The Morgan fingerprint density at radius 1 is 1.35 bits per heavy atom. The number of ether oxygens (including phenoxy) is 2. The molecule has 31 heavy (non-hydrogen) atoms. The van der Waals surface area contributed by atoms with Crippen LogP contribution in [-0.2, 0) is 18.3 Å². The Hall–Kier alpha value is -2.65. The molecule has 2 heterocycles. The molecule has 1 aromatic carbocycles. The summed E-state index contributed by atoms with van der Waals surface area (Å²) >= 11 is 0. The van der Waals surface area contributed by atoms with Crippen LogP contribution < -0.4 is 15.4 Å². The third kappa shape index (κ3) is 6.93. The van der Waals surface area contributed by atoms with Crippen LogP contribution >= 0.6 is 0 Å². The van der Waals surface area contributed by atoms with E-state index >= 15 is 0 Å². The van der Waals surface area contributed by atoms with Crippen molar-refractivity contribution >= 4 is 5.96 Å². The third-order valence-electron chi connectivity index (χ3n) is 5.16. The normalized spacial score (nSPS) is 17.7. The average Bonchev–Trinajstić information content (AvgIpc) is 3.37. The Bertz CT molecular complexity index is 861. The van der Waals surface area contributed by atoms with Gasteiger partial charge >= 0.3 is 0 Å². The summed E-state index contributed by atoms with van der Waals surface area (Å²) in [5.74, 6) is 2.96. The fourth-order valence-corrected chi connectivity index (χ4v) is 3.31. The number of guanidine groups is 1. The van der Waals surface area contributed by atoms with Crippen LogP contribution in [0.2, 0.25) is 0 Å². The summed E-state index contributed by atoms with van der Waals surface area (Å²) in [4.78, 5) is 4.63. The molecule has 170 valence electrons. The van der Waals surface area contributed by atoms with Crippen molar-refractivity contribution in [3.63, 3.8) is 0 Å². The van der Waals surface area contributed by atoms with Gasteiger partial charge in [-0.25, -0.2) is 4.99 Å². The summed E-state index contributed by atoms with van der Waals surface area (Å²) in [7, 11) is 1.92. The molecule has 0 radical (unpaired) electrons. The Morgan fingerprint density at radius 2 is 2.19 bits per heavy atom. The number of aliphatic hydroxyl groups excluding tert-OH is 1. The van der Waals surface area contributed by atoms with Gasteiger partial charge in [0.15, 0.2) is 11.8 Å². The molecular formula is C22H34N6O3. The number of nitrogens with one attached hydrogen (secondary N) is 2. The monoisotopic (exact) mass is 430 g/mol. The minimum Gasteiger partial charge on any atom is -0.491 e. The van der Waals surface area contributed by atoms with Gasteiger partial charge in [0.2, 0.25) is 0 Å². The Labute approximate surface area is 183 Å². The minimum atomic E-state index is -0.706. The number of hydrogen-bond donors (Lipinski definition) is 3. The van der Waals surface area contributed by atoms with Crippen molar-refractivity contribution in [2.24, 2.45) is 12.0 Å². The highest BCUT2D eigenvalue weighted by atomic mass is 16.5. The highest BCUT2D eigenvalue weighted by molar-refractivity contribution is 5.79. The number of hydrogen-bond acceptors (Lipinski definition) is 6. The quantitative estimate of drug-likeness (QED) is 0.412. The van der Waals surface area contributed by atoms with Crippen molar-refractivity contribution in [2.45, 2.75) is 58.5 Å². The summed E-state index contributed by atoms with van der Waals surface area (Å²) in [5.41, 5.74) is 0.785. The third-order valence-corrected chi connectivity index (χ3v) is 5.16. The molecule has 0 saturated carbocycles. The highest BCUT2D eigenvalue weighted by Gasteiger charge is 2.17. The zero-order valence-electron chi connectivity index (χ0n) is 18.8. The lowest BCUT2D eigenvalue weighted by Crippen LogP contribution is -2.42. The first-order chi connectivity index (χ1) is 14.9. The van der Waals surface area contributed by atoms with Gasteiger partial charge < -0.3 is 29.8 Å². The molecule has 9 nitrogen and oxygen atoms in total. The highest BCUT2D eigenvalue weighted by Crippen LogP contribution is 2.20. The van der Waals surface area contributed by atoms with Crippen LogP contribution in [0.15, 0.2) is 29.3 Å². The molecule has 0 bridgehead atoms. The molecule has 1 aliphatic rings. The lowest BCUT2D eigenvalue weighted by molar-refractivity contribution is 0.113. The summed E-state index contributed by atoms with van der Waals surface area (Å²) in [6, 6.07) is 7.53. The van der Waals surface area contributed by atoms with Crippen LogP contribution in [0.1, 0.15) is 50.0 Å². The summed E-state index contributed by atoms with van der Waals surface area (Å²) in [6.07, 6.45) is 1.67. The molecular weight excluding hydrogens is 396 g/mol. The summed E-state index contributed by atoms with van der Waals surface area (Å²) < 4.78 is 13.3. The van der Waals surface area contributed by atoms with Crippen molar-refractivity contribution in [3.8, 4) is 5.75 Å². The van der Waals surface area contributed by atoms with Gasteiger partial charge in [0.25, 0.3) is 0 Å². The van der Waals surface area contributed by atoms with Gasteiger partial charge in [0.05, 0.1) is 18.3 Å². The van der Waals surface area contributed by atoms with E-state index in [0.29, 0.717) is 25.6 Å². The summed E-state index contributed by atoms with van der Waals surface area (Å²) in [5, 5.41) is 25.5. The van der Waals surface area contributed by atoms with E-state index in [2.05, 4.69) is 25.8 Å². The SMILES string of the molecule is Cc1nnc(CN=C(NCC2CCCO2)NCC(O)c2cccc(OC(C)C)c2)n1C. The van der Waals surface area contributed by atoms with Crippen molar-refractivity contribution in [1.82, 2.24) is 25.4 Å². The predicted octanol–water partition coefficient (Wildman–Crippen LogP) is 1.86. The van der Waals surface area contributed by atoms with Crippen molar-refractivity contribution in [2.75, 3.05) is 19.7 Å². The van der Waals surface area contributed by atoms with E-state index in [1.807, 2.05) is 56.7 Å². The number of nitrogens with zero attached hydrogens (tertiary/aromatic N) is 4. The maximum absolute atomic E-state index is 10.7. The van der Waals surface area contributed by atoms with Gasteiger partial charge in [0, 0.05) is 26.7 Å². The topological polar surface area (TPSA) is 106 Å². The molecule has 0 amide bonds. The van der Waals surface area contributed by atoms with Crippen molar-refractivity contribution in [1.29, 1.82) is 0 Å². The Morgan fingerprint density at radius 3 is 2.87 bits per heavy atom. The molecule has 1 fully saturated rings. The van der Waals surface area contributed by atoms with Gasteiger partial charge in [-0.1, -0.05) is 12.1 Å². The van der Waals surface area contributed by atoms with Gasteiger partial charge in [-0.05, 0) is 51.3 Å². The van der Waals surface area contributed by atoms with Gasteiger partial charge in [-0.3, -0.25) is 0 Å². The number of aliphatic imine (C=N–C) groups is 1. The molecule has 1 aliphatic heterocycles. The average molecular weight is 431 g/mol. The maximum atomic E-state index is 10.7. The largest absolute Gasteiger partial charge is 0.491 e. The molecule has 3 N–H and O–H groups in total. The van der Waals surface area contributed by atoms with Crippen LogP contribution in [0, 0.1) is 6.92 Å². The fourth-order valence-electron chi connectivity index (χ4n) is 3.31. The van der Waals surface area contributed by atoms with Gasteiger partial charge in [-0.2, -0.15) is 0 Å². The summed E-state index contributed by atoms with van der Waals surface area (Å²) in [6.45, 7) is 8.02. The zero-order chi connectivity index (χ0) is 22.2. The fraction of sp³-hybridized carbons (Fsp3) is 0.591. The van der Waals surface area contributed by atoms with E-state index in [1.54, 1.807) is 0 Å². The van der Waals surface area contributed by atoms with Crippen LogP contribution in [0.5, 0.6) is 5.75 Å². The number of aromatic nitrogens is 3. The molecule has 2 atom stereocenters. The van der Waals surface area contributed by atoms with Crippen LogP contribution in [-0.4, -0.2) is 57.7 Å². The molecule has 2 aromatic rings. The van der Waals surface area contributed by atoms with Crippen molar-refractivity contribution < 1.29 is 14.6 Å². The van der Waals surface area contributed by atoms with Crippen LogP contribution in [0.4, 0.5) is 0 Å². The molecule has 1 saturated heterocycles. The second kappa shape index (κ2) is 11.1. The Balaban J connectivity index is 1.62. The first-order valence-electron chi connectivity index (χ1n) is 10.9. The lowest BCUT2D eigenvalue weighted by Gasteiger charge is -2.18. The standard InChI is InChI=1S/C22H34N6O3/c1-15(2)31-18-8-5-7-17(11-18)20(29)13-24-22(23-12-19-9-6-10-30-19)25-14-21-27-26-16(3)28(21)4/h5,7-8,11,15,19-20,29H,6,9-10,12-14H2,1-4H3,(H2,23,24,25). The van der Waals surface area contributed by atoms with E-state index in [0.717, 1.165) is 42.4 Å². The molecule has 3 rings (SSSR count). The van der Waals surface area contributed by atoms with E-state index in [1.165, 1.54) is 0 Å². The molecule has 2 unspecified atom stereocenters. The minimum absolute atomic E-state index is 0.0792. The van der Waals surface area contributed by atoms with Crippen LogP contribution in [0.25, 0.3) is 0 Å². The van der Waals surface area contributed by atoms with Crippen molar-refractivity contribution in [3.05, 3.63) is 41.5 Å². The van der Waals surface area contributed by atoms with E-state index in [4.69, 9.17) is 9.47 Å². The zero-order valence-corrected chi connectivity index (χ0v) is 18.8. The molecule has 9 heteroatoms. The van der Waals surface area contributed by atoms with E-state index in [9.17, 15) is 5.11 Å². The van der Waals surface area contributed by atoms with Gasteiger partial charge in [-0.15, -0.1) is 10.2 Å². The maximum Gasteiger partial charge on any atom is 0.191 e. The number of aliphatic hydroxyl groups is 1. The van der Waals surface area contributed by atoms with Crippen LogP contribution in [0.3, 0.4) is 0 Å². The molecule has 0 aliphatic carbocycles. The number of aryl methyl sites for hydroxylation is 1. The van der Waals surface area contributed by atoms with E-state index in [-0.39, 0.29) is 12.2 Å².